The molecule has 0 spiro atoms. The van der Waals surface area contributed by atoms with E-state index in [2.05, 4.69) is 16.8 Å². The zero-order valence-corrected chi connectivity index (χ0v) is 17.6. The third-order valence-electron chi connectivity index (χ3n) is 4.86. The van der Waals surface area contributed by atoms with Gasteiger partial charge in [-0.15, -0.1) is 6.58 Å². The summed E-state index contributed by atoms with van der Waals surface area (Å²) in [4.78, 5) is 32.4. The van der Waals surface area contributed by atoms with Crippen molar-refractivity contribution in [1.82, 2.24) is 19.8 Å². The first kappa shape index (κ1) is 21.5. The fourth-order valence-corrected chi connectivity index (χ4v) is 4.20. The molecule has 156 valence electrons. The van der Waals surface area contributed by atoms with E-state index < -0.39 is 0 Å². The Hall–Kier alpha value is -2.16. The van der Waals surface area contributed by atoms with Gasteiger partial charge in [0, 0.05) is 32.7 Å². The number of carbonyl (C=O) groups is 1. The lowest BCUT2D eigenvalue weighted by Crippen LogP contribution is -2.37. The Morgan fingerprint density at radius 1 is 1.34 bits per heavy atom. The van der Waals surface area contributed by atoms with E-state index in [1.165, 1.54) is 11.8 Å². The highest BCUT2D eigenvalue weighted by Crippen LogP contribution is 2.23. The monoisotopic (exact) mass is 416 g/mol. The van der Waals surface area contributed by atoms with Crippen molar-refractivity contribution >= 4 is 28.6 Å². The fourth-order valence-electron chi connectivity index (χ4n) is 3.24. The van der Waals surface area contributed by atoms with Gasteiger partial charge in [-0.05, 0) is 25.5 Å². The molecule has 3 rings (SSSR count). The second-order valence-electron chi connectivity index (χ2n) is 6.97. The van der Waals surface area contributed by atoms with Gasteiger partial charge in [-0.25, -0.2) is 4.98 Å². The number of fused-ring (bicyclic) bond motifs is 1. The summed E-state index contributed by atoms with van der Waals surface area (Å²) in [5.41, 5.74) is 0.599. The number of ether oxygens (including phenoxy) is 1. The largest absolute Gasteiger partial charge is 0.379 e. The maximum absolute atomic E-state index is 13.1. The van der Waals surface area contributed by atoms with Crippen LogP contribution in [0.3, 0.4) is 0 Å². The predicted octanol–water partition coefficient (Wildman–Crippen LogP) is 1.90. The van der Waals surface area contributed by atoms with E-state index in [9.17, 15) is 9.59 Å². The minimum atomic E-state index is -0.367. The smallest absolute Gasteiger partial charge is 0.262 e. The van der Waals surface area contributed by atoms with Crippen molar-refractivity contribution < 1.29 is 9.53 Å². The normalized spacial score (nSPS) is 15.9. The second kappa shape index (κ2) is 10.6. The number of benzene rings is 1. The van der Waals surface area contributed by atoms with Crippen LogP contribution in [0.1, 0.15) is 13.3 Å². The molecule has 0 radical (unpaired) electrons. The lowest BCUT2D eigenvalue weighted by atomic mass is 10.2. The summed E-state index contributed by atoms with van der Waals surface area (Å²) in [7, 11) is 0. The van der Waals surface area contributed by atoms with Crippen molar-refractivity contribution in [3.8, 4) is 0 Å². The van der Waals surface area contributed by atoms with Gasteiger partial charge < -0.3 is 10.1 Å². The summed E-state index contributed by atoms with van der Waals surface area (Å²) in [6.07, 6.45) is 2.48. The summed E-state index contributed by atoms with van der Waals surface area (Å²) >= 11 is 1.32. The summed E-state index contributed by atoms with van der Waals surface area (Å²) in [5.74, 6) is -0.0998. The van der Waals surface area contributed by atoms with Crippen LogP contribution in [0.25, 0.3) is 10.9 Å². The molecule has 1 aromatic heterocycles. The van der Waals surface area contributed by atoms with Crippen molar-refractivity contribution in [3.63, 3.8) is 0 Å². The molecule has 7 nitrogen and oxygen atoms in total. The number of carbonyl (C=O) groups excluding carboxylic acids is 1. The van der Waals surface area contributed by atoms with E-state index in [0.29, 0.717) is 29.1 Å². The number of rotatable bonds is 9. The van der Waals surface area contributed by atoms with Gasteiger partial charge in [-0.1, -0.05) is 30.0 Å². The molecular weight excluding hydrogens is 388 g/mol. The third-order valence-corrected chi connectivity index (χ3v) is 5.95. The molecule has 1 N–H and O–H groups in total. The third kappa shape index (κ3) is 5.68. The molecule has 8 heteroatoms. The predicted molar refractivity (Wildman–Crippen MR) is 116 cm³/mol. The molecule has 1 atom stereocenters. The Morgan fingerprint density at radius 3 is 2.86 bits per heavy atom. The molecule has 1 fully saturated rings. The molecule has 1 aromatic carbocycles. The molecule has 0 aliphatic carbocycles. The zero-order valence-electron chi connectivity index (χ0n) is 16.8. The van der Waals surface area contributed by atoms with E-state index in [4.69, 9.17) is 9.72 Å². The molecule has 1 saturated heterocycles. The van der Waals surface area contributed by atoms with Crippen LogP contribution in [0.5, 0.6) is 0 Å². The number of thioether (sulfide) groups is 1. The maximum atomic E-state index is 13.1. The SMILES string of the molecule is C=CCNC(=O)[C@@H](C)Sc1nc2ccccc2c(=O)n1CCCN1CCOCC1. The highest BCUT2D eigenvalue weighted by Gasteiger charge is 2.19. The summed E-state index contributed by atoms with van der Waals surface area (Å²) in [6.45, 7) is 10.7. The molecule has 2 heterocycles. The van der Waals surface area contributed by atoms with Crippen LogP contribution in [-0.4, -0.2) is 65.0 Å². The highest BCUT2D eigenvalue weighted by atomic mass is 32.2. The van der Waals surface area contributed by atoms with Crippen LogP contribution in [0.2, 0.25) is 0 Å². The topological polar surface area (TPSA) is 76.5 Å². The summed E-state index contributed by atoms with van der Waals surface area (Å²) in [6, 6.07) is 7.35. The molecule has 29 heavy (non-hydrogen) atoms. The average molecular weight is 417 g/mol. The van der Waals surface area contributed by atoms with Crippen LogP contribution in [0, 0.1) is 0 Å². The first-order valence-electron chi connectivity index (χ1n) is 9.95. The number of nitrogens with one attached hydrogen (secondary N) is 1. The van der Waals surface area contributed by atoms with Crippen LogP contribution in [0.15, 0.2) is 46.9 Å². The van der Waals surface area contributed by atoms with Crippen molar-refractivity contribution in [3.05, 3.63) is 47.3 Å². The lowest BCUT2D eigenvalue weighted by molar-refractivity contribution is -0.120. The number of morpholine rings is 1. The molecular formula is C21H28N4O3S. The van der Waals surface area contributed by atoms with Gasteiger partial charge in [-0.3, -0.25) is 19.1 Å². The van der Waals surface area contributed by atoms with Gasteiger partial charge in [0.1, 0.15) is 0 Å². The number of hydrogen-bond donors (Lipinski definition) is 1. The van der Waals surface area contributed by atoms with Crippen molar-refractivity contribution in [1.29, 1.82) is 0 Å². The molecule has 0 unspecified atom stereocenters. The van der Waals surface area contributed by atoms with Gasteiger partial charge in [0.25, 0.3) is 5.56 Å². The van der Waals surface area contributed by atoms with Gasteiger partial charge in [0.2, 0.25) is 5.91 Å². The van der Waals surface area contributed by atoms with Crippen molar-refractivity contribution in [2.45, 2.75) is 30.3 Å². The van der Waals surface area contributed by atoms with E-state index >= 15 is 0 Å². The van der Waals surface area contributed by atoms with Crippen LogP contribution < -0.4 is 10.9 Å². The Balaban J connectivity index is 1.79. The van der Waals surface area contributed by atoms with Crippen LogP contribution in [-0.2, 0) is 16.1 Å². The van der Waals surface area contributed by atoms with E-state index in [1.807, 2.05) is 25.1 Å². The molecule has 1 aliphatic heterocycles. The zero-order chi connectivity index (χ0) is 20.6. The molecule has 1 aliphatic rings. The summed E-state index contributed by atoms with van der Waals surface area (Å²) in [5, 5.41) is 3.62. The standard InChI is InChI=1S/C21H28N4O3S/c1-3-9-22-19(26)16(2)29-21-23-18-8-5-4-7-17(18)20(27)25(21)11-6-10-24-12-14-28-15-13-24/h3-5,7-8,16H,1,6,9-15H2,2H3,(H,22,26)/t16-/m1/s1. The van der Waals surface area contributed by atoms with Crippen molar-refractivity contribution in [2.24, 2.45) is 0 Å². The Bertz CT molecular complexity index is 908. The number of aromatic nitrogens is 2. The fraction of sp³-hybridized carbons (Fsp3) is 0.476. The van der Waals surface area contributed by atoms with Gasteiger partial charge in [0.15, 0.2) is 5.16 Å². The van der Waals surface area contributed by atoms with Gasteiger partial charge in [0.05, 0.1) is 29.4 Å². The average Bonchev–Trinajstić information content (AvgIpc) is 2.74. The number of hydrogen-bond acceptors (Lipinski definition) is 6. The van der Waals surface area contributed by atoms with E-state index in [0.717, 1.165) is 39.3 Å². The van der Waals surface area contributed by atoms with Gasteiger partial charge in [-0.2, -0.15) is 0 Å². The maximum Gasteiger partial charge on any atom is 0.262 e. The highest BCUT2D eigenvalue weighted by molar-refractivity contribution is 8.00. The Labute approximate surface area is 175 Å². The summed E-state index contributed by atoms with van der Waals surface area (Å²) < 4.78 is 7.10. The van der Waals surface area contributed by atoms with Crippen LogP contribution >= 0.6 is 11.8 Å². The molecule has 1 amide bonds. The molecule has 0 saturated carbocycles. The minimum Gasteiger partial charge on any atom is -0.379 e. The Kier molecular flexibility index (Phi) is 7.85. The second-order valence-corrected chi connectivity index (χ2v) is 8.28. The molecule has 0 bridgehead atoms. The number of amides is 1. The van der Waals surface area contributed by atoms with Gasteiger partial charge >= 0.3 is 0 Å². The quantitative estimate of drug-likeness (QED) is 0.382. The first-order chi connectivity index (χ1) is 14.1. The molecule has 2 aromatic rings. The van der Waals surface area contributed by atoms with Crippen molar-refractivity contribution in [2.75, 3.05) is 39.4 Å². The lowest BCUT2D eigenvalue weighted by Gasteiger charge is -2.26. The Morgan fingerprint density at radius 2 is 2.10 bits per heavy atom. The minimum absolute atomic E-state index is 0.0567. The van der Waals surface area contributed by atoms with Crippen LogP contribution in [0.4, 0.5) is 0 Å². The number of nitrogens with zero attached hydrogens (tertiary/aromatic N) is 3. The first-order valence-corrected chi connectivity index (χ1v) is 10.8. The number of para-hydroxylation sites is 1. The van der Waals surface area contributed by atoms with E-state index in [1.54, 1.807) is 16.7 Å². The van der Waals surface area contributed by atoms with E-state index in [-0.39, 0.29) is 16.7 Å².